The molecule has 112 valence electrons. The van der Waals surface area contributed by atoms with Crippen molar-refractivity contribution in [3.8, 4) is 0 Å². The Bertz CT molecular complexity index is 411. The lowest BCUT2D eigenvalue weighted by Crippen LogP contribution is -2.36. The molecule has 0 spiro atoms. The third-order valence-electron chi connectivity index (χ3n) is 3.22. The Morgan fingerprint density at radius 3 is 2.50 bits per heavy atom. The second-order valence-electron chi connectivity index (χ2n) is 6.65. The zero-order valence-electron chi connectivity index (χ0n) is 13.1. The van der Waals surface area contributed by atoms with Gasteiger partial charge in [0.05, 0.1) is 0 Å². The summed E-state index contributed by atoms with van der Waals surface area (Å²) >= 11 is 0. The van der Waals surface area contributed by atoms with E-state index in [1.165, 1.54) is 5.56 Å². The average molecular weight is 277 g/mol. The van der Waals surface area contributed by atoms with Gasteiger partial charge in [-0.05, 0) is 36.0 Å². The predicted molar refractivity (Wildman–Crippen MR) is 82.2 cm³/mol. The van der Waals surface area contributed by atoms with Gasteiger partial charge in [0.1, 0.15) is 0 Å². The van der Waals surface area contributed by atoms with Crippen molar-refractivity contribution in [2.24, 2.45) is 11.1 Å². The van der Waals surface area contributed by atoms with Crippen molar-refractivity contribution >= 4 is 5.91 Å². The molecule has 0 saturated carbocycles. The second-order valence-corrected chi connectivity index (χ2v) is 6.65. The number of carbonyl (C=O) groups excluding carboxylic acids is 1. The number of hydrogen-bond acceptors (Lipinski definition) is 3. The summed E-state index contributed by atoms with van der Waals surface area (Å²) in [5.41, 5.74) is 7.41. The molecule has 4 heteroatoms. The number of aromatic nitrogens is 1. The summed E-state index contributed by atoms with van der Waals surface area (Å²) in [5.74, 6) is 0.121. The molecule has 1 amide bonds. The highest BCUT2D eigenvalue weighted by Crippen LogP contribution is 2.21. The highest BCUT2D eigenvalue weighted by molar-refractivity contribution is 5.76. The topological polar surface area (TPSA) is 59.2 Å². The number of likely N-dealkylation sites (N-methyl/N-ethyl adjacent to an activating group) is 1. The first-order valence-corrected chi connectivity index (χ1v) is 7.16. The zero-order valence-corrected chi connectivity index (χ0v) is 13.1. The summed E-state index contributed by atoms with van der Waals surface area (Å²) in [6.45, 7) is 7.14. The number of nitrogens with zero attached hydrogens (tertiary/aromatic N) is 2. The van der Waals surface area contributed by atoms with E-state index in [-0.39, 0.29) is 17.4 Å². The molecule has 0 aliphatic carbocycles. The Balaban J connectivity index is 2.36. The summed E-state index contributed by atoms with van der Waals surface area (Å²) in [4.78, 5) is 17.8. The van der Waals surface area contributed by atoms with E-state index in [0.717, 1.165) is 12.8 Å². The van der Waals surface area contributed by atoms with Crippen LogP contribution in [0.25, 0.3) is 0 Å². The van der Waals surface area contributed by atoms with Gasteiger partial charge in [-0.25, -0.2) is 0 Å². The number of carbonyl (C=O) groups is 1. The minimum atomic E-state index is -0.0640. The van der Waals surface area contributed by atoms with Gasteiger partial charge in [0.25, 0.3) is 0 Å². The van der Waals surface area contributed by atoms with Crippen LogP contribution in [0.5, 0.6) is 0 Å². The molecule has 1 atom stereocenters. The second kappa shape index (κ2) is 7.39. The van der Waals surface area contributed by atoms with Gasteiger partial charge in [0.2, 0.25) is 5.91 Å². The van der Waals surface area contributed by atoms with Crippen LogP contribution in [0.4, 0.5) is 0 Å². The van der Waals surface area contributed by atoms with E-state index in [9.17, 15) is 4.79 Å². The maximum Gasteiger partial charge on any atom is 0.223 e. The molecule has 2 N–H and O–H groups in total. The smallest absolute Gasteiger partial charge is 0.223 e. The molecule has 20 heavy (non-hydrogen) atoms. The van der Waals surface area contributed by atoms with E-state index in [1.54, 1.807) is 17.3 Å². The van der Waals surface area contributed by atoms with E-state index >= 15 is 0 Å². The minimum Gasteiger partial charge on any atom is -0.345 e. The van der Waals surface area contributed by atoms with Crippen LogP contribution in [0.15, 0.2) is 24.5 Å². The Labute approximate surface area is 122 Å². The molecule has 1 unspecified atom stereocenters. The molecule has 1 aromatic heterocycles. The summed E-state index contributed by atoms with van der Waals surface area (Å²) in [5, 5.41) is 0. The van der Waals surface area contributed by atoms with Gasteiger partial charge >= 0.3 is 0 Å². The third-order valence-corrected chi connectivity index (χ3v) is 3.22. The maximum atomic E-state index is 12.1. The largest absolute Gasteiger partial charge is 0.345 e. The first-order valence-electron chi connectivity index (χ1n) is 7.16. The van der Waals surface area contributed by atoms with Crippen molar-refractivity contribution in [1.82, 2.24) is 9.88 Å². The molecule has 0 saturated heterocycles. The van der Waals surface area contributed by atoms with Crippen molar-refractivity contribution in [3.63, 3.8) is 0 Å². The summed E-state index contributed by atoms with van der Waals surface area (Å²) in [6, 6.07) is 3.89. The summed E-state index contributed by atoms with van der Waals surface area (Å²) < 4.78 is 0. The fourth-order valence-corrected chi connectivity index (χ4v) is 2.21. The van der Waals surface area contributed by atoms with Gasteiger partial charge < -0.3 is 10.6 Å². The van der Waals surface area contributed by atoms with Crippen LogP contribution in [0.2, 0.25) is 0 Å². The SMILES string of the molecule is CN(CCc1ccncc1)C(=O)CC(N)CC(C)(C)C. The molecule has 0 fully saturated rings. The molecule has 1 heterocycles. The zero-order chi connectivity index (χ0) is 15.2. The lowest BCUT2D eigenvalue weighted by atomic mass is 9.87. The molecule has 0 aliphatic heterocycles. The molecule has 0 radical (unpaired) electrons. The normalized spacial score (nSPS) is 13.1. The molecular weight excluding hydrogens is 250 g/mol. The number of rotatable bonds is 6. The van der Waals surface area contributed by atoms with E-state index < -0.39 is 0 Å². The van der Waals surface area contributed by atoms with Crippen LogP contribution in [0, 0.1) is 5.41 Å². The van der Waals surface area contributed by atoms with Crippen molar-refractivity contribution < 1.29 is 4.79 Å². The lowest BCUT2D eigenvalue weighted by Gasteiger charge is -2.25. The van der Waals surface area contributed by atoms with Gasteiger partial charge in [-0.15, -0.1) is 0 Å². The van der Waals surface area contributed by atoms with Gasteiger partial charge in [-0.2, -0.15) is 0 Å². The Morgan fingerprint density at radius 1 is 1.35 bits per heavy atom. The van der Waals surface area contributed by atoms with Crippen LogP contribution < -0.4 is 5.73 Å². The van der Waals surface area contributed by atoms with Gasteiger partial charge in [0, 0.05) is 38.4 Å². The van der Waals surface area contributed by atoms with Crippen LogP contribution in [-0.4, -0.2) is 35.4 Å². The molecule has 1 rings (SSSR count). The predicted octanol–water partition coefficient (Wildman–Crippen LogP) is 2.24. The molecule has 4 nitrogen and oxygen atoms in total. The summed E-state index contributed by atoms with van der Waals surface area (Å²) in [6.07, 6.45) is 5.67. The van der Waals surface area contributed by atoms with Crippen LogP contribution >= 0.6 is 0 Å². The van der Waals surface area contributed by atoms with Gasteiger partial charge in [-0.3, -0.25) is 9.78 Å². The van der Waals surface area contributed by atoms with E-state index in [4.69, 9.17) is 5.73 Å². The fourth-order valence-electron chi connectivity index (χ4n) is 2.21. The van der Waals surface area contributed by atoms with Crippen molar-refractivity contribution in [2.75, 3.05) is 13.6 Å². The first kappa shape index (κ1) is 16.6. The Kier molecular flexibility index (Phi) is 6.14. The monoisotopic (exact) mass is 277 g/mol. The van der Waals surface area contributed by atoms with Crippen molar-refractivity contribution in [3.05, 3.63) is 30.1 Å². The van der Waals surface area contributed by atoms with E-state index in [1.807, 2.05) is 19.2 Å². The number of hydrogen-bond donors (Lipinski definition) is 1. The standard InChI is InChI=1S/C16H27N3O/c1-16(2,3)12-14(17)11-15(20)19(4)10-7-13-5-8-18-9-6-13/h5-6,8-9,14H,7,10-12,17H2,1-4H3. The van der Waals surface area contributed by atoms with Crippen molar-refractivity contribution in [1.29, 1.82) is 0 Å². The van der Waals surface area contributed by atoms with E-state index in [2.05, 4.69) is 25.8 Å². The summed E-state index contributed by atoms with van der Waals surface area (Å²) in [7, 11) is 1.84. The molecular formula is C16H27N3O. The Morgan fingerprint density at radius 2 is 1.95 bits per heavy atom. The molecule has 1 aromatic rings. The fraction of sp³-hybridized carbons (Fsp3) is 0.625. The third kappa shape index (κ3) is 6.66. The maximum absolute atomic E-state index is 12.1. The molecule has 0 aliphatic rings. The quantitative estimate of drug-likeness (QED) is 0.867. The van der Waals surface area contributed by atoms with E-state index in [0.29, 0.717) is 13.0 Å². The minimum absolute atomic E-state index is 0.0640. The lowest BCUT2D eigenvalue weighted by molar-refractivity contribution is -0.130. The number of nitrogens with two attached hydrogens (primary N) is 1. The first-order chi connectivity index (χ1) is 9.28. The number of amides is 1. The van der Waals surface area contributed by atoms with Gasteiger partial charge in [0.15, 0.2) is 0 Å². The Hall–Kier alpha value is -1.42. The highest BCUT2D eigenvalue weighted by Gasteiger charge is 2.19. The van der Waals surface area contributed by atoms with Crippen LogP contribution in [-0.2, 0) is 11.2 Å². The highest BCUT2D eigenvalue weighted by atomic mass is 16.2. The van der Waals surface area contributed by atoms with Gasteiger partial charge in [-0.1, -0.05) is 20.8 Å². The molecule has 0 bridgehead atoms. The van der Waals surface area contributed by atoms with Crippen LogP contribution in [0.1, 0.15) is 39.2 Å². The van der Waals surface area contributed by atoms with Crippen molar-refractivity contribution in [2.45, 2.75) is 46.1 Å². The van der Waals surface area contributed by atoms with Crippen LogP contribution in [0.3, 0.4) is 0 Å². The number of pyridine rings is 1. The average Bonchev–Trinajstić information content (AvgIpc) is 2.34. The molecule has 0 aromatic carbocycles.